The van der Waals surface area contributed by atoms with Crippen molar-refractivity contribution in [1.29, 1.82) is 0 Å². The summed E-state index contributed by atoms with van der Waals surface area (Å²) in [5, 5.41) is 2.86. The van der Waals surface area contributed by atoms with Crippen LogP contribution in [0.1, 0.15) is 18.4 Å². The second-order valence-electron chi connectivity index (χ2n) is 5.25. The molecule has 4 heteroatoms. The van der Waals surface area contributed by atoms with E-state index in [1.807, 2.05) is 30.3 Å². The standard InChI is InChI=1S/C17H16FNO2/c1-21-15-11-13(18)7-8-14(15)19-16(20)17(9-10-17)12-5-3-2-4-6-12/h2-8,11H,9-10H2,1H3,(H,19,20). The van der Waals surface area contributed by atoms with Crippen LogP contribution in [0.2, 0.25) is 0 Å². The molecule has 1 N–H and O–H groups in total. The van der Waals surface area contributed by atoms with Crippen LogP contribution < -0.4 is 10.1 Å². The van der Waals surface area contributed by atoms with Gasteiger partial charge in [0, 0.05) is 6.07 Å². The van der Waals surface area contributed by atoms with Gasteiger partial charge in [-0.3, -0.25) is 4.79 Å². The fourth-order valence-corrected chi connectivity index (χ4v) is 2.54. The summed E-state index contributed by atoms with van der Waals surface area (Å²) < 4.78 is 18.3. The Balaban J connectivity index is 1.84. The molecule has 108 valence electrons. The SMILES string of the molecule is COc1cc(F)ccc1NC(=O)C1(c2ccccc2)CC1. The zero-order valence-electron chi connectivity index (χ0n) is 11.7. The van der Waals surface area contributed by atoms with Crippen molar-refractivity contribution in [1.82, 2.24) is 0 Å². The molecule has 0 unspecified atom stereocenters. The molecule has 0 spiro atoms. The molecule has 0 heterocycles. The van der Waals surface area contributed by atoms with Crippen molar-refractivity contribution in [2.75, 3.05) is 12.4 Å². The first-order valence-corrected chi connectivity index (χ1v) is 6.86. The maximum atomic E-state index is 13.2. The molecule has 21 heavy (non-hydrogen) atoms. The lowest BCUT2D eigenvalue weighted by molar-refractivity contribution is -0.118. The van der Waals surface area contributed by atoms with Crippen molar-refractivity contribution in [2.45, 2.75) is 18.3 Å². The number of nitrogens with one attached hydrogen (secondary N) is 1. The van der Waals surface area contributed by atoms with Crippen molar-refractivity contribution in [3.8, 4) is 5.75 Å². The Kier molecular flexibility index (Phi) is 3.37. The minimum Gasteiger partial charge on any atom is -0.494 e. The number of carbonyl (C=O) groups excluding carboxylic acids is 1. The van der Waals surface area contributed by atoms with Gasteiger partial charge in [-0.2, -0.15) is 0 Å². The zero-order chi connectivity index (χ0) is 14.9. The summed E-state index contributed by atoms with van der Waals surface area (Å²) in [5.74, 6) is -0.139. The summed E-state index contributed by atoms with van der Waals surface area (Å²) in [6.45, 7) is 0. The molecule has 3 rings (SSSR count). The molecule has 1 saturated carbocycles. The van der Waals surface area contributed by atoms with Crippen LogP contribution in [0.4, 0.5) is 10.1 Å². The highest BCUT2D eigenvalue weighted by Crippen LogP contribution is 2.49. The number of amides is 1. The highest BCUT2D eigenvalue weighted by atomic mass is 19.1. The lowest BCUT2D eigenvalue weighted by atomic mass is 9.95. The van der Waals surface area contributed by atoms with Gasteiger partial charge in [0.25, 0.3) is 0 Å². The zero-order valence-corrected chi connectivity index (χ0v) is 11.7. The molecule has 3 nitrogen and oxygen atoms in total. The van der Waals surface area contributed by atoms with E-state index in [9.17, 15) is 9.18 Å². The maximum Gasteiger partial charge on any atom is 0.235 e. The van der Waals surface area contributed by atoms with E-state index >= 15 is 0 Å². The Morgan fingerprint density at radius 1 is 1.19 bits per heavy atom. The molecule has 2 aromatic rings. The van der Waals surface area contributed by atoms with Crippen LogP contribution in [-0.2, 0) is 10.2 Å². The maximum absolute atomic E-state index is 13.2. The van der Waals surface area contributed by atoms with E-state index in [2.05, 4.69) is 5.32 Å². The van der Waals surface area contributed by atoms with Crippen molar-refractivity contribution in [2.24, 2.45) is 0 Å². The fourth-order valence-electron chi connectivity index (χ4n) is 2.54. The van der Waals surface area contributed by atoms with Crippen LogP contribution in [0.25, 0.3) is 0 Å². The molecule has 0 aromatic heterocycles. The fraction of sp³-hybridized carbons (Fsp3) is 0.235. The Labute approximate surface area is 122 Å². The molecule has 1 fully saturated rings. The number of carbonyl (C=O) groups is 1. The Bertz CT molecular complexity index is 666. The molecule has 0 atom stereocenters. The predicted octanol–water partition coefficient (Wildman–Crippen LogP) is 3.50. The van der Waals surface area contributed by atoms with Crippen molar-refractivity contribution in [3.05, 3.63) is 59.9 Å². The summed E-state index contributed by atoms with van der Waals surface area (Å²) in [7, 11) is 1.45. The van der Waals surface area contributed by atoms with Crippen LogP contribution >= 0.6 is 0 Å². The average Bonchev–Trinajstić information content (AvgIpc) is 3.31. The Hall–Kier alpha value is -2.36. The van der Waals surface area contributed by atoms with E-state index in [1.54, 1.807) is 0 Å². The molecular formula is C17H16FNO2. The van der Waals surface area contributed by atoms with Gasteiger partial charge in [-0.1, -0.05) is 30.3 Å². The topological polar surface area (TPSA) is 38.3 Å². The molecule has 0 bridgehead atoms. The molecule has 2 aromatic carbocycles. The van der Waals surface area contributed by atoms with Crippen LogP contribution in [-0.4, -0.2) is 13.0 Å². The number of methoxy groups -OCH3 is 1. The first kappa shape index (κ1) is 13.6. The van der Waals surface area contributed by atoms with Gasteiger partial charge >= 0.3 is 0 Å². The Morgan fingerprint density at radius 2 is 1.90 bits per heavy atom. The predicted molar refractivity (Wildman–Crippen MR) is 78.9 cm³/mol. The third kappa shape index (κ3) is 2.49. The van der Waals surface area contributed by atoms with Gasteiger partial charge in [0.15, 0.2) is 0 Å². The van der Waals surface area contributed by atoms with Crippen LogP contribution in [0.5, 0.6) is 5.75 Å². The van der Waals surface area contributed by atoms with Crippen molar-refractivity contribution >= 4 is 11.6 Å². The van der Waals surface area contributed by atoms with Gasteiger partial charge in [-0.05, 0) is 30.5 Å². The average molecular weight is 285 g/mol. The van der Waals surface area contributed by atoms with E-state index in [-0.39, 0.29) is 5.91 Å². The lowest BCUT2D eigenvalue weighted by Gasteiger charge is -2.17. The minimum atomic E-state index is -0.458. The van der Waals surface area contributed by atoms with E-state index in [0.29, 0.717) is 11.4 Å². The molecule has 1 aliphatic carbocycles. The first-order valence-electron chi connectivity index (χ1n) is 6.86. The number of benzene rings is 2. The molecular weight excluding hydrogens is 269 g/mol. The molecule has 0 aliphatic heterocycles. The third-order valence-corrected chi connectivity index (χ3v) is 3.92. The minimum absolute atomic E-state index is 0.0707. The summed E-state index contributed by atoms with van der Waals surface area (Å²) in [6, 6.07) is 13.8. The molecule has 1 aliphatic rings. The summed E-state index contributed by atoms with van der Waals surface area (Å²) >= 11 is 0. The number of hydrogen-bond donors (Lipinski definition) is 1. The Morgan fingerprint density at radius 3 is 2.52 bits per heavy atom. The van der Waals surface area contributed by atoms with Crippen LogP contribution in [0, 0.1) is 5.82 Å². The van der Waals surface area contributed by atoms with E-state index in [0.717, 1.165) is 18.4 Å². The largest absolute Gasteiger partial charge is 0.494 e. The molecule has 1 amide bonds. The van der Waals surface area contributed by atoms with E-state index < -0.39 is 11.2 Å². The van der Waals surface area contributed by atoms with Crippen molar-refractivity contribution in [3.63, 3.8) is 0 Å². The second-order valence-corrected chi connectivity index (χ2v) is 5.25. The van der Waals surface area contributed by atoms with Gasteiger partial charge in [-0.15, -0.1) is 0 Å². The number of rotatable bonds is 4. The number of anilines is 1. The first-order chi connectivity index (χ1) is 10.2. The van der Waals surface area contributed by atoms with Crippen LogP contribution in [0.15, 0.2) is 48.5 Å². The van der Waals surface area contributed by atoms with Gasteiger partial charge < -0.3 is 10.1 Å². The highest BCUT2D eigenvalue weighted by molar-refractivity contribution is 6.02. The lowest BCUT2D eigenvalue weighted by Crippen LogP contribution is -2.27. The second kappa shape index (κ2) is 5.20. The summed E-state index contributed by atoms with van der Waals surface area (Å²) in [5.41, 5.74) is 1.05. The monoisotopic (exact) mass is 285 g/mol. The quantitative estimate of drug-likeness (QED) is 0.933. The van der Waals surface area contributed by atoms with Gasteiger partial charge in [0.2, 0.25) is 5.91 Å². The molecule has 0 radical (unpaired) electrons. The third-order valence-electron chi connectivity index (χ3n) is 3.92. The van der Waals surface area contributed by atoms with Crippen LogP contribution in [0.3, 0.4) is 0 Å². The number of ether oxygens (including phenoxy) is 1. The van der Waals surface area contributed by atoms with Gasteiger partial charge in [0.1, 0.15) is 11.6 Å². The van der Waals surface area contributed by atoms with Gasteiger partial charge in [-0.25, -0.2) is 4.39 Å². The summed E-state index contributed by atoms with van der Waals surface area (Å²) in [6.07, 6.45) is 1.65. The molecule has 0 saturated heterocycles. The van der Waals surface area contributed by atoms with Gasteiger partial charge in [0.05, 0.1) is 18.2 Å². The van der Waals surface area contributed by atoms with E-state index in [1.165, 1.54) is 25.3 Å². The highest BCUT2D eigenvalue weighted by Gasteiger charge is 2.51. The smallest absolute Gasteiger partial charge is 0.235 e. The normalized spacial score (nSPS) is 15.3. The number of hydrogen-bond acceptors (Lipinski definition) is 2. The summed E-state index contributed by atoms with van der Waals surface area (Å²) in [4.78, 5) is 12.6. The van der Waals surface area contributed by atoms with E-state index in [4.69, 9.17) is 4.74 Å². The number of halogens is 1. The van der Waals surface area contributed by atoms with Crippen molar-refractivity contribution < 1.29 is 13.9 Å².